The third kappa shape index (κ3) is 5.68. The summed E-state index contributed by atoms with van der Waals surface area (Å²) in [5.74, 6) is 4.60. The number of ether oxygens (including phenoxy) is 1. The molecule has 0 radical (unpaired) electrons. The molecule has 0 spiro atoms. The van der Waals surface area contributed by atoms with Crippen molar-refractivity contribution < 1.29 is 13.5 Å². The molecule has 0 aromatic heterocycles. The van der Waals surface area contributed by atoms with Crippen LogP contribution in [-0.4, -0.2) is 22.7 Å². The van der Waals surface area contributed by atoms with E-state index < -0.39 is 11.6 Å². The Morgan fingerprint density at radius 1 is 0.875 bits per heavy atom. The molecule has 0 N–H and O–H groups in total. The Kier molecular flexibility index (Phi) is 8.89. The van der Waals surface area contributed by atoms with Crippen LogP contribution in [-0.2, 0) is 0 Å². The summed E-state index contributed by atoms with van der Waals surface area (Å²) in [4.78, 5) is 0. The van der Waals surface area contributed by atoms with Gasteiger partial charge in [-0.3, -0.25) is 0 Å². The predicted octanol–water partition coefficient (Wildman–Crippen LogP) is 8.44. The lowest BCUT2D eigenvalue weighted by Gasteiger charge is -2.40. The van der Waals surface area contributed by atoms with Gasteiger partial charge < -0.3 is 4.74 Å². The number of halogens is 2. The van der Waals surface area contributed by atoms with Crippen molar-refractivity contribution in [3.05, 3.63) is 41.5 Å². The molecule has 0 bridgehead atoms. The molecule has 1 saturated heterocycles. The van der Waals surface area contributed by atoms with E-state index in [0.29, 0.717) is 22.7 Å². The van der Waals surface area contributed by atoms with E-state index in [0.717, 1.165) is 43.4 Å². The number of hydrogen-bond donors (Lipinski definition) is 0. The average molecular weight is 481 g/mol. The van der Waals surface area contributed by atoms with Crippen molar-refractivity contribution in [1.29, 1.82) is 0 Å². The Morgan fingerprint density at radius 3 is 2.16 bits per heavy atom. The predicted molar refractivity (Wildman–Crippen MR) is 135 cm³/mol. The first-order valence-corrected chi connectivity index (χ1v) is 14.7. The van der Waals surface area contributed by atoms with Gasteiger partial charge >= 0.3 is 0 Å². The van der Waals surface area contributed by atoms with E-state index in [1.54, 1.807) is 19.1 Å². The SMILES string of the molecule is CC=CC1CCC(C2CSC(C3CCC(c4ccc(OCC)c(F)c4F)CC3)SC2)CC1. The highest BCUT2D eigenvalue weighted by Crippen LogP contribution is 2.49. The van der Waals surface area contributed by atoms with Gasteiger partial charge in [-0.05, 0) is 118 Å². The Balaban J connectivity index is 1.24. The largest absolute Gasteiger partial charge is 0.491 e. The zero-order valence-corrected chi connectivity index (χ0v) is 21.2. The smallest absolute Gasteiger partial charge is 0.200 e. The molecule has 178 valence electrons. The summed E-state index contributed by atoms with van der Waals surface area (Å²) in [5.41, 5.74) is 0.543. The van der Waals surface area contributed by atoms with Crippen LogP contribution in [0.1, 0.15) is 76.7 Å². The van der Waals surface area contributed by atoms with Crippen molar-refractivity contribution in [2.75, 3.05) is 18.1 Å². The minimum atomic E-state index is -0.823. The summed E-state index contributed by atoms with van der Waals surface area (Å²) in [7, 11) is 0. The molecule has 1 aromatic carbocycles. The van der Waals surface area contributed by atoms with E-state index in [4.69, 9.17) is 4.74 Å². The van der Waals surface area contributed by atoms with Crippen LogP contribution in [0.25, 0.3) is 0 Å². The van der Waals surface area contributed by atoms with E-state index in [-0.39, 0.29) is 11.7 Å². The summed E-state index contributed by atoms with van der Waals surface area (Å²) >= 11 is 4.38. The van der Waals surface area contributed by atoms with Crippen LogP contribution in [0, 0.1) is 35.3 Å². The Labute approximate surface area is 201 Å². The summed E-state index contributed by atoms with van der Waals surface area (Å²) in [6.07, 6.45) is 14.4. The van der Waals surface area contributed by atoms with Gasteiger partial charge in [-0.25, -0.2) is 4.39 Å². The third-order valence-electron chi connectivity index (χ3n) is 7.87. The quantitative estimate of drug-likeness (QED) is 0.378. The van der Waals surface area contributed by atoms with E-state index in [1.807, 2.05) is 0 Å². The normalized spacial score (nSPS) is 34.0. The standard InChI is InChI=1S/C27H38F2OS2/c1-3-5-18-6-8-19(9-7-18)22-16-31-27(32-17-22)21-12-10-20(11-13-21)23-14-15-24(30-4-2)26(29)25(23)28/h3,5,14-15,18-22,27H,4,6-13,16-17H2,1-2H3. The summed E-state index contributed by atoms with van der Waals surface area (Å²) in [5, 5.41) is 0. The topological polar surface area (TPSA) is 9.23 Å². The van der Waals surface area contributed by atoms with E-state index >= 15 is 0 Å². The molecule has 0 amide bonds. The van der Waals surface area contributed by atoms with Crippen molar-refractivity contribution in [2.24, 2.45) is 23.7 Å². The van der Waals surface area contributed by atoms with Crippen LogP contribution in [0.2, 0.25) is 0 Å². The maximum atomic E-state index is 14.6. The second-order valence-electron chi connectivity index (χ2n) is 9.82. The maximum absolute atomic E-state index is 14.6. The van der Waals surface area contributed by atoms with Crippen molar-refractivity contribution in [3.63, 3.8) is 0 Å². The van der Waals surface area contributed by atoms with Crippen molar-refractivity contribution in [1.82, 2.24) is 0 Å². The molecule has 2 aliphatic carbocycles. The Morgan fingerprint density at radius 2 is 1.53 bits per heavy atom. The van der Waals surface area contributed by atoms with Crippen LogP contribution in [0.15, 0.2) is 24.3 Å². The molecule has 4 rings (SSSR count). The third-order valence-corrected chi connectivity index (χ3v) is 11.4. The number of allylic oxidation sites excluding steroid dienone is 2. The minimum Gasteiger partial charge on any atom is -0.491 e. The fourth-order valence-electron chi connectivity index (χ4n) is 5.99. The molecular formula is C27H38F2OS2. The molecule has 1 aliphatic heterocycles. The van der Waals surface area contributed by atoms with Crippen molar-refractivity contribution in [2.45, 2.75) is 75.7 Å². The molecule has 1 heterocycles. The number of hydrogen-bond acceptors (Lipinski definition) is 3. The van der Waals surface area contributed by atoms with Crippen molar-refractivity contribution in [3.8, 4) is 5.75 Å². The molecule has 3 aliphatic rings. The minimum absolute atomic E-state index is 0.0299. The van der Waals surface area contributed by atoms with Gasteiger partial charge in [0.25, 0.3) is 0 Å². The molecule has 3 fully saturated rings. The van der Waals surface area contributed by atoms with Crippen LogP contribution in [0.5, 0.6) is 5.75 Å². The first-order valence-electron chi connectivity index (χ1n) is 12.6. The van der Waals surface area contributed by atoms with Crippen LogP contribution in [0.4, 0.5) is 8.78 Å². The highest BCUT2D eigenvalue weighted by atomic mass is 32.2. The summed E-state index contributed by atoms with van der Waals surface area (Å²) < 4.78 is 34.8. The fourth-order valence-corrected chi connectivity index (χ4v) is 9.74. The van der Waals surface area contributed by atoms with Gasteiger partial charge in [0, 0.05) is 0 Å². The highest BCUT2D eigenvalue weighted by Gasteiger charge is 2.36. The first kappa shape index (κ1) is 24.4. The van der Waals surface area contributed by atoms with E-state index in [9.17, 15) is 8.78 Å². The van der Waals surface area contributed by atoms with Gasteiger partial charge in [0.1, 0.15) is 0 Å². The van der Waals surface area contributed by atoms with Crippen LogP contribution in [0.3, 0.4) is 0 Å². The molecule has 1 nitrogen and oxygen atoms in total. The van der Waals surface area contributed by atoms with Crippen LogP contribution >= 0.6 is 23.5 Å². The van der Waals surface area contributed by atoms with Crippen LogP contribution < -0.4 is 4.74 Å². The lowest BCUT2D eigenvalue weighted by Crippen LogP contribution is -2.31. The van der Waals surface area contributed by atoms with Gasteiger partial charge in [0.05, 0.1) is 11.2 Å². The zero-order valence-electron chi connectivity index (χ0n) is 19.5. The van der Waals surface area contributed by atoms with Crippen molar-refractivity contribution >= 4 is 23.5 Å². The number of thioether (sulfide) groups is 2. The van der Waals surface area contributed by atoms with Gasteiger partial charge in [-0.15, -0.1) is 23.5 Å². The summed E-state index contributed by atoms with van der Waals surface area (Å²) in [6.45, 7) is 4.27. The summed E-state index contributed by atoms with van der Waals surface area (Å²) in [6, 6.07) is 3.34. The first-order chi connectivity index (χ1) is 15.6. The Hall–Kier alpha value is -0.680. The maximum Gasteiger partial charge on any atom is 0.200 e. The lowest BCUT2D eigenvalue weighted by molar-refractivity contribution is 0.252. The second kappa shape index (κ2) is 11.6. The molecule has 1 aromatic rings. The van der Waals surface area contributed by atoms with Gasteiger partial charge in [0.2, 0.25) is 5.82 Å². The van der Waals surface area contributed by atoms with Gasteiger partial charge in [-0.1, -0.05) is 18.2 Å². The second-order valence-corrected chi connectivity index (χ2v) is 12.5. The Bertz CT molecular complexity index is 759. The number of benzene rings is 1. The average Bonchev–Trinajstić information content (AvgIpc) is 2.83. The molecular weight excluding hydrogens is 442 g/mol. The molecule has 2 saturated carbocycles. The number of rotatable bonds is 6. The lowest BCUT2D eigenvalue weighted by atomic mass is 9.77. The monoisotopic (exact) mass is 480 g/mol. The van der Waals surface area contributed by atoms with Gasteiger partial charge in [-0.2, -0.15) is 4.39 Å². The van der Waals surface area contributed by atoms with E-state index in [1.165, 1.54) is 37.2 Å². The zero-order chi connectivity index (χ0) is 22.5. The molecule has 5 heteroatoms. The molecule has 0 atom stereocenters. The molecule has 0 unspecified atom stereocenters. The van der Waals surface area contributed by atoms with Gasteiger partial charge in [0.15, 0.2) is 11.6 Å². The fraction of sp³-hybridized carbons (Fsp3) is 0.704. The molecule has 32 heavy (non-hydrogen) atoms. The van der Waals surface area contributed by atoms with E-state index in [2.05, 4.69) is 42.6 Å². The highest BCUT2D eigenvalue weighted by molar-refractivity contribution is 8.17.